The first kappa shape index (κ1) is 12.4. The molecule has 2 rings (SSSR count). The van der Waals surface area contributed by atoms with Gasteiger partial charge in [-0.15, -0.1) is 0 Å². The fraction of sp³-hybridized carbons (Fsp3) is 0.154. The van der Waals surface area contributed by atoms with Crippen LogP contribution < -0.4 is 0 Å². The minimum atomic E-state index is -4.82. The number of hydrogen-bond donors (Lipinski definition) is 0. The molecule has 0 fully saturated rings. The Morgan fingerprint density at radius 2 is 2.06 bits per heavy atom. The summed E-state index contributed by atoms with van der Waals surface area (Å²) in [5, 5.41) is 0. The van der Waals surface area contributed by atoms with E-state index in [1.54, 1.807) is 23.6 Å². The second-order valence-corrected chi connectivity index (χ2v) is 3.90. The average molecular weight is 253 g/mol. The molecule has 0 N–H and O–H groups in total. The number of ketones is 1. The Kier molecular flexibility index (Phi) is 2.98. The maximum Gasteiger partial charge on any atom is 0.454 e. The van der Waals surface area contributed by atoms with Crippen molar-refractivity contribution in [1.29, 1.82) is 0 Å². The zero-order valence-corrected chi connectivity index (χ0v) is 9.53. The van der Waals surface area contributed by atoms with Gasteiger partial charge in [0, 0.05) is 17.4 Å². The van der Waals surface area contributed by atoms with Gasteiger partial charge >= 0.3 is 6.18 Å². The number of aryl methyl sites for hydroxylation is 1. The average Bonchev–Trinajstić information content (AvgIpc) is 2.60. The van der Waals surface area contributed by atoms with Crippen LogP contribution in [0.5, 0.6) is 0 Å². The summed E-state index contributed by atoms with van der Waals surface area (Å²) in [6.45, 7) is 1.78. The van der Waals surface area contributed by atoms with Crippen molar-refractivity contribution in [3.05, 3.63) is 47.8 Å². The van der Waals surface area contributed by atoms with Crippen molar-refractivity contribution in [1.82, 2.24) is 4.40 Å². The lowest BCUT2D eigenvalue weighted by atomic mass is 10.2. The van der Waals surface area contributed by atoms with Gasteiger partial charge in [-0.2, -0.15) is 13.2 Å². The molecule has 18 heavy (non-hydrogen) atoms. The molecule has 0 aliphatic heterocycles. The summed E-state index contributed by atoms with van der Waals surface area (Å²) in [7, 11) is 0. The lowest BCUT2D eigenvalue weighted by molar-refractivity contribution is -0.165. The van der Waals surface area contributed by atoms with E-state index in [0.717, 1.165) is 11.1 Å². The Bertz CT molecular complexity index is 623. The molecule has 0 amide bonds. The number of carbonyl (C=O) groups is 1. The van der Waals surface area contributed by atoms with Crippen LogP contribution in [-0.2, 0) is 4.79 Å². The highest BCUT2D eigenvalue weighted by Crippen LogP contribution is 2.20. The monoisotopic (exact) mass is 253 g/mol. The van der Waals surface area contributed by atoms with Gasteiger partial charge in [0.05, 0.1) is 0 Å². The van der Waals surface area contributed by atoms with Gasteiger partial charge in [0.15, 0.2) is 0 Å². The molecule has 0 radical (unpaired) electrons. The molecule has 2 aromatic heterocycles. The number of carbonyl (C=O) groups excluding carboxylic acids is 1. The molecule has 0 saturated heterocycles. The van der Waals surface area contributed by atoms with Gasteiger partial charge in [0.2, 0.25) is 0 Å². The van der Waals surface area contributed by atoms with Gasteiger partial charge in [-0.05, 0) is 42.8 Å². The summed E-state index contributed by atoms with van der Waals surface area (Å²) in [6, 6.07) is 7.30. The zero-order valence-electron chi connectivity index (χ0n) is 9.53. The molecule has 0 unspecified atom stereocenters. The summed E-state index contributed by atoms with van der Waals surface area (Å²) in [4.78, 5) is 10.8. The summed E-state index contributed by atoms with van der Waals surface area (Å²) < 4.78 is 38.0. The third-order valence-electron chi connectivity index (χ3n) is 2.59. The van der Waals surface area contributed by atoms with Crippen LogP contribution in [0.4, 0.5) is 13.2 Å². The normalized spacial score (nSPS) is 12.4. The van der Waals surface area contributed by atoms with Crippen LogP contribution in [0.2, 0.25) is 0 Å². The number of fused-ring (bicyclic) bond motifs is 1. The lowest BCUT2D eigenvalue weighted by Gasteiger charge is -2.01. The summed E-state index contributed by atoms with van der Waals surface area (Å²) >= 11 is 0. The van der Waals surface area contributed by atoms with Crippen molar-refractivity contribution in [2.45, 2.75) is 13.1 Å². The molecule has 2 heterocycles. The smallest absolute Gasteiger partial charge is 0.317 e. The van der Waals surface area contributed by atoms with E-state index in [2.05, 4.69) is 0 Å². The molecule has 0 aliphatic rings. The number of hydrogen-bond acceptors (Lipinski definition) is 1. The molecule has 0 atom stereocenters. The fourth-order valence-electron chi connectivity index (χ4n) is 1.74. The Balaban J connectivity index is 2.41. The van der Waals surface area contributed by atoms with Crippen LogP contribution in [0, 0.1) is 6.92 Å². The van der Waals surface area contributed by atoms with Crippen molar-refractivity contribution in [2.75, 3.05) is 0 Å². The molecule has 94 valence electrons. The Morgan fingerprint density at radius 3 is 2.72 bits per heavy atom. The van der Waals surface area contributed by atoms with Gasteiger partial charge in [-0.3, -0.25) is 4.79 Å². The van der Waals surface area contributed by atoms with Crippen molar-refractivity contribution in [3.63, 3.8) is 0 Å². The van der Waals surface area contributed by atoms with Crippen LogP contribution >= 0.6 is 0 Å². The Hall–Kier alpha value is -2.04. The third kappa shape index (κ3) is 2.30. The van der Waals surface area contributed by atoms with E-state index in [-0.39, 0.29) is 0 Å². The van der Waals surface area contributed by atoms with Gasteiger partial charge < -0.3 is 4.40 Å². The first-order valence-electron chi connectivity index (χ1n) is 5.25. The first-order chi connectivity index (χ1) is 8.39. The van der Waals surface area contributed by atoms with E-state index in [0.29, 0.717) is 11.8 Å². The topological polar surface area (TPSA) is 21.5 Å². The predicted octanol–water partition coefficient (Wildman–Crippen LogP) is 3.39. The highest BCUT2D eigenvalue weighted by Gasteiger charge is 2.36. The number of aromatic nitrogens is 1. The number of alkyl halides is 3. The second kappa shape index (κ2) is 4.33. The molecule has 2 aromatic rings. The molecule has 0 spiro atoms. The van der Waals surface area contributed by atoms with Crippen molar-refractivity contribution in [3.8, 4) is 0 Å². The van der Waals surface area contributed by atoms with Gasteiger partial charge in [0.25, 0.3) is 5.78 Å². The quantitative estimate of drug-likeness (QED) is 0.752. The zero-order chi connectivity index (χ0) is 13.3. The largest absolute Gasteiger partial charge is 0.454 e. The molecule has 5 heteroatoms. The number of allylic oxidation sites excluding steroid dienone is 1. The first-order valence-corrected chi connectivity index (χ1v) is 5.25. The van der Waals surface area contributed by atoms with Crippen molar-refractivity contribution < 1.29 is 18.0 Å². The van der Waals surface area contributed by atoms with Crippen LogP contribution in [0.15, 0.2) is 36.5 Å². The summed E-state index contributed by atoms with van der Waals surface area (Å²) in [5.41, 5.74) is 2.25. The summed E-state index contributed by atoms with van der Waals surface area (Å²) in [5.74, 6) is -1.85. The van der Waals surface area contributed by atoms with E-state index >= 15 is 0 Å². The number of pyridine rings is 1. The number of nitrogens with zero attached hydrogens (tertiary/aromatic N) is 1. The SMILES string of the molecule is Cc1cc2ccccn2c1/C=C/C(=O)C(F)(F)F. The third-order valence-corrected chi connectivity index (χ3v) is 2.59. The van der Waals surface area contributed by atoms with Crippen LogP contribution in [0.3, 0.4) is 0 Å². The van der Waals surface area contributed by atoms with E-state index in [1.807, 2.05) is 18.2 Å². The number of halogens is 3. The van der Waals surface area contributed by atoms with Gasteiger partial charge in [-0.25, -0.2) is 0 Å². The molecular formula is C13H10F3NO. The Labute approximate surface area is 101 Å². The minimum Gasteiger partial charge on any atom is -0.317 e. The van der Waals surface area contributed by atoms with Crippen LogP contribution in [0.25, 0.3) is 11.6 Å². The van der Waals surface area contributed by atoms with E-state index in [4.69, 9.17) is 0 Å². The minimum absolute atomic E-state index is 0.557. The molecule has 0 aromatic carbocycles. The highest BCUT2D eigenvalue weighted by molar-refractivity contribution is 5.97. The molecular weight excluding hydrogens is 243 g/mol. The van der Waals surface area contributed by atoms with Crippen LogP contribution in [-0.4, -0.2) is 16.4 Å². The molecule has 2 nitrogen and oxygen atoms in total. The van der Waals surface area contributed by atoms with E-state index in [1.165, 1.54) is 6.08 Å². The highest BCUT2D eigenvalue weighted by atomic mass is 19.4. The summed E-state index contributed by atoms with van der Waals surface area (Å²) in [6.07, 6.45) is -1.34. The van der Waals surface area contributed by atoms with Crippen LogP contribution in [0.1, 0.15) is 11.3 Å². The standard InChI is InChI=1S/C13H10F3NO/c1-9-8-10-4-2-3-7-17(10)11(9)5-6-12(18)13(14,15)16/h2-8H,1H3/b6-5+. The van der Waals surface area contributed by atoms with Crippen molar-refractivity contribution >= 4 is 17.4 Å². The number of rotatable bonds is 2. The second-order valence-electron chi connectivity index (χ2n) is 3.90. The molecule has 0 bridgehead atoms. The Morgan fingerprint density at radius 1 is 1.33 bits per heavy atom. The van der Waals surface area contributed by atoms with Crippen molar-refractivity contribution in [2.24, 2.45) is 0 Å². The lowest BCUT2D eigenvalue weighted by Crippen LogP contribution is -2.19. The van der Waals surface area contributed by atoms with Gasteiger partial charge in [-0.1, -0.05) is 6.07 Å². The maximum absolute atomic E-state index is 12.1. The fourth-order valence-corrected chi connectivity index (χ4v) is 1.74. The van der Waals surface area contributed by atoms with E-state index < -0.39 is 12.0 Å². The van der Waals surface area contributed by atoms with E-state index in [9.17, 15) is 18.0 Å². The molecule has 0 saturated carbocycles. The predicted molar refractivity (Wildman–Crippen MR) is 62.2 cm³/mol. The molecule has 0 aliphatic carbocycles. The maximum atomic E-state index is 12.1. The van der Waals surface area contributed by atoms with Gasteiger partial charge in [0.1, 0.15) is 0 Å².